The lowest BCUT2D eigenvalue weighted by atomic mass is 10.1. The van der Waals surface area contributed by atoms with Crippen molar-refractivity contribution in [3.05, 3.63) is 29.6 Å². The van der Waals surface area contributed by atoms with Gasteiger partial charge in [0.25, 0.3) is 0 Å². The predicted octanol–water partition coefficient (Wildman–Crippen LogP) is 0.729. The van der Waals surface area contributed by atoms with Crippen LogP contribution in [0.4, 0.5) is 9.18 Å². The number of halogens is 1. The number of benzene rings is 1. The van der Waals surface area contributed by atoms with Crippen molar-refractivity contribution in [1.29, 1.82) is 5.26 Å². The zero-order chi connectivity index (χ0) is 19.2. The van der Waals surface area contributed by atoms with Crippen LogP contribution < -0.4 is 10.1 Å². The van der Waals surface area contributed by atoms with Gasteiger partial charge in [0.2, 0.25) is 0 Å². The summed E-state index contributed by atoms with van der Waals surface area (Å²) in [5, 5.41) is 19.8. The molecule has 2 bridgehead atoms. The van der Waals surface area contributed by atoms with Gasteiger partial charge in [0.05, 0.1) is 23.8 Å². The van der Waals surface area contributed by atoms with Crippen molar-refractivity contribution in [1.82, 2.24) is 15.1 Å². The van der Waals surface area contributed by atoms with E-state index >= 15 is 0 Å². The Balaban J connectivity index is 1.41. The predicted molar refractivity (Wildman–Crippen MR) is 94.2 cm³/mol. The van der Waals surface area contributed by atoms with Gasteiger partial charge in [-0.25, -0.2) is 9.18 Å². The van der Waals surface area contributed by atoms with E-state index in [-0.39, 0.29) is 23.5 Å². The Morgan fingerprint density at radius 1 is 1.30 bits per heavy atom. The fourth-order valence-corrected chi connectivity index (χ4v) is 3.52. The summed E-state index contributed by atoms with van der Waals surface area (Å²) in [6.45, 7) is 5.15. The molecule has 27 heavy (non-hydrogen) atoms. The number of hydrogen-bond donors (Lipinski definition) is 2. The molecule has 0 saturated carbocycles. The molecule has 1 amide bonds. The van der Waals surface area contributed by atoms with Gasteiger partial charge in [-0.2, -0.15) is 5.26 Å². The molecule has 0 aliphatic carbocycles. The van der Waals surface area contributed by atoms with Crippen LogP contribution in [0.5, 0.6) is 5.75 Å². The number of carbonyl (C=O) groups is 1. The number of amides is 1. The summed E-state index contributed by atoms with van der Waals surface area (Å²) in [5.74, 6) is -0.377. The van der Waals surface area contributed by atoms with Crippen molar-refractivity contribution in [2.24, 2.45) is 0 Å². The molecule has 146 valence electrons. The van der Waals surface area contributed by atoms with Crippen LogP contribution in [0, 0.1) is 17.1 Å². The lowest BCUT2D eigenvalue weighted by Crippen LogP contribution is -2.60. The van der Waals surface area contributed by atoms with Crippen molar-refractivity contribution in [2.45, 2.75) is 12.2 Å². The van der Waals surface area contributed by atoms with Crippen LogP contribution in [0.1, 0.15) is 5.56 Å². The van der Waals surface area contributed by atoms with E-state index in [1.54, 1.807) is 0 Å². The first kappa shape index (κ1) is 19.4. The minimum atomic E-state index is -1.01. The fraction of sp³-hybridized carbons (Fsp3) is 0.556. The normalized spacial score (nSPS) is 22.8. The van der Waals surface area contributed by atoms with E-state index in [1.807, 2.05) is 6.07 Å². The second kappa shape index (κ2) is 8.99. The highest BCUT2D eigenvalue weighted by atomic mass is 19.1. The molecule has 2 saturated heterocycles. The molecule has 1 aromatic carbocycles. The number of nitrogens with zero attached hydrogens (tertiary/aromatic N) is 3. The molecule has 9 heteroatoms. The Labute approximate surface area is 157 Å². The van der Waals surface area contributed by atoms with Gasteiger partial charge >= 0.3 is 6.09 Å². The number of carboxylic acid groups (broad SMARTS) is 1. The molecule has 2 unspecified atom stereocenters. The smallest absolute Gasteiger partial charge is 0.404 e. The zero-order valence-corrected chi connectivity index (χ0v) is 14.9. The summed E-state index contributed by atoms with van der Waals surface area (Å²) in [4.78, 5) is 15.0. The highest BCUT2D eigenvalue weighted by Crippen LogP contribution is 2.20. The standard InChI is InChI=1S/C18H23FN4O4/c19-16-7-13(8-20)1-2-17(16)26-6-5-23-11-14-9-22(4-3-21-18(24)25)10-15(12-23)27-14/h1-2,7,14-15,21H,3-6,9-12H2,(H,24,25). The van der Waals surface area contributed by atoms with E-state index in [0.717, 1.165) is 26.2 Å². The minimum Gasteiger partial charge on any atom is -0.489 e. The number of morpholine rings is 2. The van der Waals surface area contributed by atoms with Gasteiger partial charge in [-0.3, -0.25) is 9.80 Å². The molecule has 2 aliphatic heterocycles. The molecule has 2 atom stereocenters. The molecule has 2 heterocycles. The molecule has 2 aliphatic rings. The topological polar surface area (TPSA) is 98.1 Å². The first-order valence-corrected chi connectivity index (χ1v) is 8.93. The third-order valence-corrected chi connectivity index (χ3v) is 4.66. The molecular weight excluding hydrogens is 355 g/mol. The van der Waals surface area contributed by atoms with Crippen LogP contribution in [-0.4, -0.2) is 85.6 Å². The lowest BCUT2D eigenvalue weighted by Gasteiger charge is -2.45. The molecule has 0 radical (unpaired) electrons. The summed E-state index contributed by atoms with van der Waals surface area (Å²) in [6, 6.07) is 6.07. The van der Waals surface area contributed by atoms with Crippen LogP contribution >= 0.6 is 0 Å². The van der Waals surface area contributed by atoms with Gasteiger partial charge in [-0.15, -0.1) is 0 Å². The molecule has 2 fully saturated rings. The summed E-state index contributed by atoms with van der Waals surface area (Å²) in [7, 11) is 0. The molecule has 1 aromatic rings. The fourth-order valence-electron chi connectivity index (χ4n) is 3.52. The average molecular weight is 378 g/mol. The maximum absolute atomic E-state index is 13.8. The van der Waals surface area contributed by atoms with Gasteiger partial charge < -0.3 is 19.9 Å². The largest absolute Gasteiger partial charge is 0.489 e. The first-order chi connectivity index (χ1) is 13.0. The second-order valence-electron chi connectivity index (χ2n) is 6.74. The third-order valence-electron chi connectivity index (χ3n) is 4.66. The Hall–Kier alpha value is -2.41. The molecule has 0 spiro atoms. The number of fused-ring (bicyclic) bond motifs is 2. The zero-order valence-electron chi connectivity index (χ0n) is 14.9. The monoisotopic (exact) mass is 378 g/mol. The van der Waals surface area contributed by atoms with E-state index in [4.69, 9.17) is 19.8 Å². The summed E-state index contributed by atoms with van der Waals surface area (Å²) in [5.41, 5.74) is 0.268. The van der Waals surface area contributed by atoms with E-state index in [1.165, 1.54) is 18.2 Å². The molecule has 8 nitrogen and oxygen atoms in total. The summed E-state index contributed by atoms with van der Waals surface area (Å²) >= 11 is 0. The van der Waals surface area contributed by atoms with E-state index in [2.05, 4.69) is 15.1 Å². The number of nitrogens with one attached hydrogen (secondary N) is 1. The van der Waals surface area contributed by atoms with E-state index < -0.39 is 11.9 Å². The second-order valence-corrected chi connectivity index (χ2v) is 6.74. The van der Waals surface area contributed by atoms with Gasteiger partial charge in [0, 0.05) is 45.8 Å². The number of hydrogen-bond acceptors (Lipinski definition) is 6. The van der Waals surface area contributed by atoms with Gasteiger partial charge in [-0.05, 0) is 18.2 Å². The van der Waals surface area contributed by atoms with Crippen LogP contribution in [0.15, 0.2) is 18.2 Å². The van der Waals surface area contributed by atoms with Crippen molar-refractivity contribution in [2.75, 3.05) is 52.4 Å². The van der Waals surface area contributed by atoms with Crippen molar-refractivity contribution in [3.8, 4) is 11.8 Å². The SMILES string of the molecule is N#Cc1ccc(OCCN2CC3CN(CCNC(=O)O)CC(C2)O3)c(F)c1. The molecule has 3 rings (SSSR count). The average Bonchev–Trinajstić information content (AvgIpc) is 2.62. The maximum Gasteiger partial charge on any atom is 0.404 e. The lowest BCUT2D eigenvalue weighted by molar-refractivity contribution is -0.138. The van der Waals surface area contributed by atoms with Crippen LogP contribution in [0.25, 0.3) is 0 Å². The highest BCUT2D eigenvalue weighted by Gasteiger charge is 2.34. The molecular formula is C18H23FN4O4. The summed E-state index contributed by atoms with van der Waals surface area (Å²) in [6.07, 6.45) is -0.851. The van der Waals surface area contributed by atoms with Crippen molar-refractivity contribution >= 4 is 6.09 Å². The maximum atomic E-state index is 13.8. The van der Waals surface area contributed by atoms with E-state index in [9.17, 15) is 9.18 Å². The van der Waals surface area contributed by atoms with Crippen LogP contribution in [0.3, 0.4) is 0 Å². The van der Waals surface area contributed by atoms with Crippen LogP contribution in [-0.2, 0) is 4.74 Å². The van der Waals surface area contributed by atoms with Gasteiger partial charge in [0.15, 0.2) is 11.6 Å². The Kier molecular flexibility index (Phi) is 6.45. The summed E-state index contributed by atoms with van der Waals surface area (Å²) < 4.78 is 25.3. The molecule has 2 N–H and O–H groups in total. The van der Waals surface area contributed by atoms with Crippen LogP contribution in [0.2, 0.25) is 0 Å². The minimum absolute atomic E-state index is 0.0778. The quantitative estimate of drug-likeness (QED) is 0.722. The van der Waals surface area contributed by atoms with Gasteiger partial charge in [-0.1, -0.05) is 0 Å². The number of nitriles is 1. The first-order valence-electron chi connectivity index (χ1n) is 8.93. The van der Waals surface area contributed by atoms with E-state index in [0.29, 0.717) is 26.2 Å². The van der Waals surface area contributed by atoms with Crippen molar-refractivity contribution in [3.63, 3.8) is 0 Å². The Morgan fingerprint density at radius 3 is 2.56 bits per heavy atom. The highest BCUT2D eigenvalue weighted by molar-refractivity contribution is 5.64. The Bertz CT molecular complexity index is 697. The molecule has 0 aromatic heterocycles. The number of ether oxygens (including phenoxy) is 2. The number of rotatable bonds is 7. The third kappa shape index (κ3) is 5.53. The Morgan fingerprint density at radius 2 is 1.96 bits per heavy atom. The van der Waals surface area contributed by atoms with Crippen molar-refractivity contribution < 1.29 is 23.8 Å². The van der Waals surface area contributed by atoms with Gasteiger partial charge in [0.1, 0.15) is 6.61 Å².